The van der Waals surface area contributed by atoms with Crippen LogP contribution in [0.5, 0.6) is 0 Å². The minimum Gasteiger partial charge on any atom is -0.467 e. The lowest BCUT2D eigenvalue weighted by atomic mass is 9.95. The molecule has 0 spiro atoms. The molecular formula is C11H17NO2. The van der Waals surface area contributed by atoms with Gasteiger partial charge in [-0.15, -0.1) is 0 Å². The minimum atomic E-state index is -0.332. The standard InChI is InChI=1S/C11H17NO2/c1-11(2,3)10(13)12(4)8-9-6-5-7-14-9/h5-7H,8H2,1-4H3. The number of carbonyl (C=O) groups is 1. The van der Waals surface area contributed by atoms with Crippen LogP contribution in [-0.4, -0.2) is 17.9 Å². The molecule has 1 aromatic heterocycles. The maximum Gasteiger partial charge on any atom is 0.228 e. The molecule has 3 heteroatoms. The van der Waals surface area contributed by atoms with Gasteiger partial charge >= 0.3 is 0 Å². The fraction of sp³-hybridized carbons (Fsp3) is 0.545. The summed E-state index contributed by atoms with van der Waals surface area (Å²) in [6.07, 6.45) is 1.62. The Morgan fingerprint density at radius 3 is 2.57 bits per heavy atom. The molecule has 0 aliphatic heterocycles. The monoisotopic (exact) mass is 195 g/mol. The maximum atomic E-state index is 11.8. The van der Waals surface area contributed by atoms with E-state index in [4.69, 9.17) is 4.42 Å². The molecule has 0 aliphatic carbocycles. The van der Waals surface area contributed by atoms with Gasteiger partial charge in [0.2, 0.25) is 5.91 Å². The molecule has 1 heterocycles. The molecule has 0 saturated carbocycles. The van der Waals surface area contributed by atoms with Gasteiger partial charge in [0.15, 0.2) is 0 Å². The summed E-state index contributed by atoms with van der Waals surface area (Å²) in [5.74, 6) is 0.930. The SMILES string of the molecule is CN(Cc1ccco1)C(=O)C(C)(C)C. The second-order valence-electron chi connectivity index (χ2n) is 4.49. The Kier molecular flexibility index (Phi) is 2.99. The molecule has 14 heavy (non-hydrogen) atoms. The van der Waals surface area contributed by atoms with Crippen LogP contribution in [0.15, 0.2) is 22.8 Å². The first-order valence-electron chi connectivity index (χ1n) is 4.69. The van der Waals surface area contributed by atoms with Gasteiger partial charge in [0.25, 0.3) is 0 Å². The predicted molar refractivity (Wildman–Crippen MR) is 54.6 cm³/mol. The third-order valence-electron chi connectivity index (χ3n) is 1.96. The van der Waals surface area contributed by atoms with Crippen molar-refractivity contribution < 1.29 is 9.21 Å². The summed E-state index contributed by atoms with van der Waals surface area (Å²) < 4.78 is 5.17. The second-order valence-corrected chi connectivity index (χ2v) is 4.49. The normalized spacial score (nSPS) is 11.4. The van der Waals surface area contributed by atoms with E-state index < -0.39 is 0 Å². The first-order valence-corrected chi connectivity index (χ1v) is 4.69. The van der Waals surface area contributed by atoms with E-state index in [9.17, 15) is 4.79 Å². The lowest BCUT2D eigenvalue weighted by molar-refractivity contribution is -0.138. The van der Waals surface area contributed by atoms with Crippen LogP contribution in [0.4, 0.5) is 0 Å². The molecule has 0 saturated heterocycles. The average Bonchev–Trinajstić information content (AvgIpc) is 2.53. The van der Waals surface area contributed by atoms with Gasteiger partial charge in [-0.1, -0.05) is 20.8 Å². The van der Waals surface area contributed by atoms with E-state index in [1.807, 2.05) is 32.9 Å². The zero-order valence-electron chi connectivity index (χ0n) is 9.20. The Hall–Kier alpha value is -1.25. The largest absolute Gasteiger partial charge is 0.467 e. The van der Waals surface area contributed by atoms with E-state index in [0.717, 1.165) is 5.76 Å². The summed E-state index contributed by atoms with van der Waals surface area (Å²) in [4.78, 5) is 13.5. The molecule has 0 bridgehead atoms. The van der Waals surface area contributed by atoms with Gasteiger partial charge in [0.05, 0.1) is 12.8 Å². The Bertz CT molecular complexity index is 296. The van der Waals surface area contributed by atoms with Crippen molar-refractivity contribution in [1.29, 1.82) is 0 Å². The van der Waals surface area contributed by atoms with Crippen LogP contribution >= 0.6 is 0 Å². The minimum absolute atomic E-state index is 0.119. The van der Waals surface area contributed by atoms with E-state index in [0.29, 0.717) is 6.54 Å². The summed E-state index contributed by atoms with van der Waals surface area (Å²) in [6.45, 7) is 6.26. The predicted octanol–water partition coefficient (Wildman–Crippen LogP) is 2.28. The quantitative estimate of drug-likeness (QED) is 0.725. The van der Waals surface area contributed by atoms with E-state index >= 15 is 0 Å². The molecule has 0 aliphatic rings. The van der Waals surface area contributed by atoms with E-state index in [2.05, 4.69) is 0 Å². The number of hydrogen-bond acceptors (Lipinski definition) is 2. The molecule has 3 nitrogen and oxygen atoms in total. The van der Waals surface area contributed by atoms with Crippen LogP contribution in [0.25, 0.3) is 0 Å². The molecule has 0 aromatic carbocycles. The highest BCUT2D eigenvalue weighted by atomic mass is 16.3. The van der Waals surface area contributed by atoms with Crippen LogP contribution in [-0.2, 0) is 11.3 Å². The summed E-state index contributed by atoms with van der Waals surface area (Å²) in [7, 11) is 1.79. The summed E-state index contributed by atoms with van der Waals surface area (Å²) in [5.41, 5.74) is -0.332. The van der Waals surface area contributed by atoms with Gasteiger partial charge in [0, 0.05) is 12.5 Å². The van der Waals surface area contributed by atoms with Crippen LogP contribution in [0.1, 0.15) is 26.5 Å². The van der Waals surface area contributed by atoms with Crippen molar-refractivity contribution in [3.05, 3.63) is 24.2 Å². The molecule has 78 valence electrons. The van der Waals surface area contributed by atoms with E-state index in [1.54, 1.807) is 18.2 Å². The topological polar surface area (TPSA) is 33.5 Å². The Balaban J connectivity index is 2.59. The highest BCUT2D eigenvalue weighted by Crippen LogP contribution is 2.17. The number of hydrogen-bond donors (Lipinski definition) is 0. The highest BCUT2D eigenvalue weighted by molar-refractivity contribution is 5.81. The average molecular weight is 195 g/mol. The molecule has 1 amide bonds. The van der Waals surface area contributed by atoms with Crippen molar-refractivity contribution in [2.45, 2.75) is 27.3 Å². The maximum absolute atomic E-state index is 11.8. The van der Waals surface area contributed by atoms with Crippen LogP contribution in [0, 0.1) is 5.41 Å². The summed E-state index contributed by atoms with van der Waals surface area (Å²) >= 11 is 0. The van der Waals surface area contributed by atoms with E-state index in [1.165, 1.54) is 0 Å². The van der Waals surface area contributed by atoms with Gasteiger partial charge in [-0.05, 0) is 12.1 Å². The van der Waals surface area contributed by atoms with Crippen molar-refractivity contribution in [2.24, 2.45) is 5.41 Å². The first-order chi connectivity index (χ1) is 6.41. The molecule has 0 fully saturated rings. The van der Waals surface area contributed by atoms with Gasteiger partial charge in [-0.2, -0.15) is 0 Å². The van der Waals surface area contributed by atoms with Gasteiger partial charge in [-0.3, -0.25) is 4.79 Å². The number of rotatable bonds is 2. The third kappa shape index (κ3) is 2.62. The smallest absolute Gasteiger partial charge is 0.228 e. The Labute approximate surface area is 84.7 Å². The highest BCUT2D eigenvalue weighted by Gasteiger charge is 2.25. The Morgan fingerprint density at radius 1 is 1.50 bits per heavy atom. The molecular weight excluding hydrogens is 178 g/mol. The van der Waals surface area contributed by atoms with Crippen molar-refractivity contribution in [1.82, 2.24) is 4.90 Å². The number of nitrogens with zero attached hydrogens (tertiary/aromatic N) is 1. The van der Waals surface area contributed by atoms with Crippen LogP contribution in [0.2, 0.25) is 0 Å². The molecule has 0 atom stereocenters. The van der Waals surface area contributed by atoms with Crippen LogP contribution in [0.3, 0.4) is 0 Å². The molecule has 0 N–H and O–H groups in total. The zero-order chi connectivity index (χ0) is 10.8. The number of amides is 1. The zero-order valence-corrected chi connectivity index (χ0v) is 9.20. The fourth-order valence-corrected chi connectivity index (χ4v) is 1.28. The van der Waals surface area contributed by atoms with Crippen molar-refractivity contribution in [3.63, 3.8) is 0 Å². The molecule has 0 unspecified atom stereocenters. The third-order valence-corrected chi connectivity index (χ3v) is 1.96. The second kappa shape index (κ2) is 3.86. The van der Waals surface area contributed by atoms with Crippen molar-refractivity contribution in [3.8, 4) is 0 Å². The van der Waals surface area contributed by atoms with Crippen molar-refractivity contribution in [2.75, 3.05) is 7.05 Å². The lowest BCUT2D eigenvalue weighted by Crippen LogP contribution is -2.36. The summed E-state index contributed by atoms with van der Waals surface area (Å²) in [5, 5.41) is 0. The van der Waals surface area contributed by atoms with Gasteiger partial charge < -0.3 is 9.32 Å². The summed E-state index contributed by atoms with van der Waals surface area (Å²) in [6, 6.07) is 3.69. The fourth-order valence-electron chi connectivity index (χ4n) is 1.28. The molecule has 1 rings (SSSR count). The lowest BCUT2D eigenvalue weighted by Gasteiger charge is -2.25. The molecule has 0 radical (unpaired) electrons. The van der Waals surface area contributed by atoms with E-state index in [-0.39, 0.29) is 11.3 Å². The van der Waals surface area contributed by atoms with Gasteiger partial charge in [-0.25, -0.2) is 0 Å². The first kappa shape index (κ1) is 10.8. The van der Waals surface area contributed by atoms with Crippen LogP contribution < -0.4 is 0 Å². The number of carbonyl (C=O) groups excluding carboxylic acids is 1. The van der Waals surface area contributed by atoms with Gasteiger partial charge in [0.1, 0.15) is 5.76 Å². The Morgan fingerprint density at radius 2 is 2.14 bits per heavy atom. The number of furan rings is 1. The van der Waals surface area contributed by atoms with Crippen molar-refractivity contribution >= 4 is 5.91 Å². The molecule has 1 aromatic rings.